The molecule has 0 aromatic heterocycles. The van der Waals surface area contributed by atoms with Gasteiger partial charge in [0.05, 0.1) is 0 Å². The van der Waals surface area contributed by atoms with Crippen LogP contribution in [0.15, 0.2) is 29.3 Å². The Morgan fingerprint density at radius 2 is 1.96 bits per heavy atom. The summed E-state index contributed by atoms with van der Waals surface area (Å²) in [5.74, 6) is 0.814. The van der Waals surface area contributed by atoms with Crippen LogP contribution in [-0.2, 0) is 6.54 Å². The maximum Gasteiger partial charge on any atom is 0.573 e. The average molecular weight is 500 g/mol. The molecule has 27 heavy (non-hydrogen) atoms. The highest BCUT2D eigenvalue weighted by Crippen LogP contribution is 2.26. The van der Waals surface area contributed by atoms with Crippen LogP contribution in [0.3, 0.4) is 0 Å². The van der Waals surface area contributed by atoms with E-state index in [1.165, 1.54) is 12.1 Å². The summed E-state index contributed by atoms with van der Waals surface area (Å²) in [5, 5.41) is 6.45. The standard InChI is InChI=1S/C18H27F3N4O.HI/c1-12(2)25-10-13(3)15(11-25)24-17(22-4)23-9-14-7-5-6-8-16(14)26-18(19,20)21;/h5-8,12-13,15H,9-11H2,1-4H3,(H2,22,23,24);1H. The quantitative estimate of drug-likeness (QED) is 0.369. The highest BCUT2D eigenvalue weighted by Gasteiger charge is 2.32. The van der Waals surface area contributed by atoms with Crippen molar-refractivity contribution in [3.8, 4) is 5.75 Å². The summed E-state index contributed by atoms with van der Waals surface area (Å²) < 4.78 is 41.6. The number of nitrogens with zero attached hydrogens (tertiary/aromatic N) is 2. The van der Waals surface area contributed by atoms with Crippen molar-refractivity contribution in [2.24, 2.45) is 10.9 Å². The van der Waals surface area contributed by atoms with E-state index in [1.54, 1.807) is 19.2 Å². The van der Waals surface area contributed by atoms with E-state index in [2.05, 4.69) is 46.0 Å². The minimum absolute atomic E-state index is 0. The molecule has 0 amide bonds. The molecule has 154 valence electrons. The van der Waals surface area contributed by atoms with E-state index in [0.717, 1.165) is 13.1 Å². The van der Waals surface area contributed by atoms with Crippen LogP contribution in [0.2, 0.25) is 0 Å². The number of halogens is 4. The van der Waals surface area contributed by atoms with Crippen molar-refractivity contribution in [2.45, 2.75) is 45.8 Å². The molecule has 1 aliphatic heterocycles. The van der Waals surface area contributed by atoms with Crippen molar-refractivity contribution in [1.82, 2.24) is 15.5 Å². The minimum Gasteiger partial charge on any atom is -0.405 e. The molecule has 2 N–H and O–H groups in total. The zero-order chi connectivity index (χ0) is 19.3. The van der Waals surface area contributed by atoms with Crippen LogP contribution >= 0.6 is 24.0 Å². The highest BCUT2D eigenvalue weighted by atomic mass is 127. The van der Waals surface area contributed by atoms with Crippen LogP contribution in [0.5, 0.6) is 5.75 Å². The van der Waals surface area contributed by atoms with Gasteiger partial charge in [-0.05, 0) is 25.8 Å². The molecule has 9 heteroatoms. The predicted molar refractivity (Wildman–Crippen MR) is 112 cm³/mol. The molecule has 5 nitrogen and oxygen atoms in total. The fraction of sp³-hybridized carbons (Fsp3) is 0.611. The molecule has 0 bridgehead atoms. The fourth-order valence-corrected chi connectivity index (χ4v) is 3.04. The first kappa shape index (κ1) is 23.8. The number of likely N-dealkylation sites (tertiary alicyclic amines) is 1. The molecule has 1 fully saturated rings. The number of para-hydroxylation sites is 1. The van der Waals surface area contributed by atoms with Gasteiger partial charge in [-0.15, -0.1) is 37.1 Å². The lowest BCUT2D eigenvalue weighted by Crippen LogP contribution is -2.46. The number of ether oxygens (including phenoxy) is 1. The fourth-order valence-electron chi connectivity index (χ4n) is 3.04. The monoisotopic (exact) mass is 500 g/mol. The third kappa shape index (κ3) is 7.36. The molecule has 1 aliphatic rings. The second-order valence-electron chi connectivity index (χ2n) is 6.86. The molecule has 0 spiro atoms. The van der Waals surface area contributed by atoms with Gasteiger partial charge in [0.25, 0.3) is 0 Å². The first-order valence-corrected chi connectivity index (χ1v) is 8.74. The molecule has 0 aliphatic carbocycles. The molecular weight excluding hydrogens is 472 g/mol. The first-order chi connectivity index (χ1) is 12.2. The number of hydrogen-bond donors (Lipinski definition) is 2. The molecule has 1 saturated heterocycles. The molecule has 2 atom stereocenters. The van der Waals surface area contributed by atoms with E-state index in [0.29, 0.717) is 23.5 Å². The Balaban J connectivity index is 0.00000364. The Kier molecular flexibility index (Phi) is 9.13. The summed E-state index contributed by atoms with van der Waals surface area (Å²) in [6.45, 7) is 8.61. The second kappa shape index (κ2) is 10.4. The first-order valence-electron chi connectivity index (χ1n) is 8.74. The van der Waals surface area contributed by atoms with Crippen molar-refractivity contribution >= 4 is 29.9 Å². The molecule has 1 aromatic rings. The summed E-state index contributed by atoms with van der Waals surface area (Å²) in [5.41, 5.74) is 0.413. The van der Waals surface area contributed by atoms with Crippen molar-refractivity contribution in [2.75, 3.05) is 20.1 Å². The lowest BCUT2D eigenvalue weighted by atomic mass is 10.1. The number of guanidine groups is 1. The number of hydrogen-bond acceptors (Lipinski definition) is 3. The second-order valence-corrected chi connectivity index (χ2v) is 6.86. The Bertz CT molecular complexity index is 625. The number of alkyl halides is 3. The van der Waals surface area contributed by atoms with Crippen LogP contribution in [-0.4, -0.2) is 49.4 Å². The van der Waals surface area contributed by atoms with Gasteiger partial charge >= 0.3 is 6.36 Å². The van der Waals surface area contributed by atoms with Crippen molar-refractivity contribution in [1.29, 1.82) is 0 Å². The topological polar surface area (TPSA) is 48.9 Å². The molecule has 1 heterocycles. The molecule has 0 saturated carbocycles. The number of aliphatic imine (C=N–C) groups is 1. The Hall–Kier alpha value is -1.23. The minimum atomic E-state index is -4.71. The molecule has 1 aromatic carbocycles. The van der Waals surface area contributed by atoms with Gasteiger partial charge in [-0.3, -0.25) is 9.89 Å². The van der Waals surface area contributed by atoms with Crippen LogP contribution in [0.1, 0.15) is 26.3 Å². The van der Waals surface area contributed by atoms with E-state index in [1.807, 2.05) is 0 Å². The SMILES string of the molecule is CN=C(NCc1ccccc1OC(F)(F)F)NC1CN(C(C)C)CC1C.I. The predicted octanol–water partition coefficient (Wildman–Crippen LogP) is 3.60. The average Bonchev–Trinajstić information content (AvgIpc) is 2.92. The Labute approximate surface area is 175 Å². The van der Waals surface area contributed by atoms with E-state index in [9.17, 15) is 13.2 Å². The van der Waals surface area contributed by atoms with E-state index in [4.69, 9.17) is 0 Å². The van der Waals surface area contributed by atoms with Gasteiger partial charge in [-0.25, -0.2) is 0 Å². The van der Waals surface area contributed by atoms with Crippen molar-refractivity contribution < 1.29 is 17.9 Å². The van der Waals surface area contributed by atoms with Crippen molar-refractivity contribution in [3.63, 3.8) is 0 Å². The highest BCUT2D eigenvalue weighted by molar-refractivity contribution is 14.0. The van der Waals surface area contributed by atoms with Crippen LogP contribution in [0.25, 0.3) is 0 Å². The lowest BCUT2D eigenvalue weighted by Gasteiger charge is -2.22. The van der Waals surface area contributed by atoms with Crippen LogP contribution < -0.4 is 15.4 Å². The third-order valence-corrected chi connectivity index (χ3v) is 4.56. The van der Waals surface area contributed by atoms with Gasteiger partial charge in [0.15, 0.2) is 5.96 Å². The van der Waals surface area contributed by atoms with Gasteiger partial charge in [0, 0.05) is 44.3 Å². The number of benzene rings is 1. The summed E-state index contributed by atoms with van der Waals surface area (Å²) in [6, 6.07) is 6.81. The summed E-state index contributed by atoms with van der Waals surface area (Å²) >= 11 is 0. The van der Waals surface area contributed by atoms with Crippen molar-refractivity contribution in [3.05, 3.63) is 29.8 Å². The van der Waals surface area contributed by atoms with E-state index in [-0.39, 0.29) is 42.3 Å². The summed E-state index contributed by atoms with van der Waals surface area (Å²) in [6.07, 6.45) is -4.71. The zero-order valence-corrected chi connectivity index (χ0v) is 18.3. The lowest BCUT2D eigenvalue weighted by molar-refractivity contribution is -0.274. The van der Waals surface area contributed by atoms with Gasteiger partial charge in [-0.2, -0.15) is 0 Å². The van der Waals surface area contributed by atoms with Gasteiger partial charge in [0.1, 0.15) is 5.75 Å². The van der Waals surface area contributed by atoms with E-state index < -0.39 is 6.36 Å². The molecule has 2 rings (SSSR count). The van der Waals surface area contributed by atoms with Gasteiger partial charge in [0.2, 0.25) is 0 Å². The smallest absolute Gasteiger partial charge is 0.405 e. The van der Waals surface area contributed by atoms with Crippen LogP contribution in [0, 0.1) is 5.92 Å². The summed E-state index contributed by atoms with van der Waals surface area (Å²) in [7, 11) is 1.65. The maximum atomic E-state index is 12.5. The van der Waals surface area contributed by atoms with Gasteiger partial charge in [-0.1, -0.05) is 25.1 Å². The zero-order valence-electron chi connectivity index (χ0n) is 16.0. The Morgan fingerprint density at radius 1 is 1.30 bits per heavy atom. The number of nitrogens with one attached hydrogen (secondary N) is 2. The van der Waals surface area contributed by atoms with Crippen LogP contribution in [0.4, 0.5) is 13.2 Å². The molecule has 0 radical (unpaired) electrons. The van der Waals surface area contributed by atoms with Gasteiger partial charge < -0.3 is 15.4 Å². The Morgan fingerprint density at radius 3 is 2.52 bits per heavy atom. The molecular formula is C18H28F3IN4O. The summed E-state index contributed by atoms with van der Waals surface area (Å²) in [4.78, 5) is 6.58. The number of rotatable bonds is 5. The maximum absolute atomic E-state index is 12.5. The normalized spacial score (nSPS) is 21.1. The largest absolute Gasteiger partial charge is 0.573 e. The third-order valence-electron chi connectivity index (χ3n) is 4.56. The van der Waals surface area contributed by atoms with E-state index >= 15 is 0 Å². The molecule has 2 unspecified atom stereocenters.